The fourth-order valence-corrected chi connectivity index (χ4v) is 6.80. The molecule has 1 aromatic heterocycles. The van der Waals surface area contributed by atoms with Gasteiger partial charge >= 0.3 is 0 Å². The molecule has 0 radical (unpaired) electrons. The lowest BCUT2D eigenvalue weighted by Crippen LogP contribution is -2.55. The largest absolute Gasteiger partial charge is 0.347 e. The third-order valence-electron chi connectivity index (χ3n) is 8.05. The molecular formula is C25H34N4O3. The number of para-hydroxylation sites is 1. The van der Waals surface area contributed by atoms with Gasteiger partial charge in [0.2, 0.25) is 5.91 Å². The highest BCUT2D eigenvalue weighted by Gasteiger charge is 2.48. The number of carbonyl (C=O) groups is 2. The van der Waals surface area contributed by atoms with Gasteiger partial charge in [-0.2, -0.15) is 5.10 Å². The molecule has 2 amide bonds. The van der Waals surface area contributed by atoms with E-state index in [-0.39, 0.29) is 11.8 Å². The molecule has 1 aromatic carbocycles. The van der Waals surface area contributed by atoms with E-state index in [0.29, 0.717) is 30.0 Å². The van der Waals surface area contributed by atoms with Gasteiger partial charge in [0.1, 0.15) is 0 Å². The second-order valence-electron chi connectivity index (χ2n) is 10.2. The molecule has 2 aromatic rings. The molecule has 0 aliphatic heterocycles. The zero-order chi connectivity index (χ0) is 22.1. The Balaban J connectivity index is 1.22. The minimum absolute atomic E-state index is 0.0209. The van der Waals surface area contributed by atoms with Crippen molar-refractivity contribution >= 4 is 22.7 Å². The number of benzene rings is 1. The van der Waals surface area contributed by atoms with Gasteiger partial charge in [0.05, 0.1) is 5.52 Å². The average molecular weight is 439 g/mol. The Morgan fingerprint density at radius 3 is 2.38 bits per heavy atom. The van der Waals surface area contributed by atoms with Gasteiger partial charge in [-0.3, -0.25) is 19.5 Å². The van der Waals surface area contributed by atoms with E-state index in [0.717, 1.165) is 55.0 Å². The second kappa shape index (κ2) is 9.22. The third kappa shape index (κ3) is 4.27. The van der Waals surface area contributed by atoms with Crippen LogP contribution in [0.4, 0.5) is 0 Å². The Bertz CT molecular complexity index is 957. The van der Waals surface area contributed by atoms with E-state index in [9.17, 15) is 9.59 Å². The third-order valence-corrected chi connectivity index (χ3v) is 8.05. The number of fused-ring (bicyclic) bond motifs is 1. The fraction of sp³-hybridized carbons (Fsp3) is 0.640. The minimum Gasteiger partial charge on any atom is -0.347 e. The first-order valence-electron chi connectivity index (χ1n) is 12.3. The van der Waals surface area contributed by atoms with Crippen molar-refractivity contribution in [2.45, 2.75) is 76.8 Å². The summed E-state index contributed by atoms with van der Waals surface area (Å²) in [6.07, 6.45) is 10.5. The number of nitrogens with zero attached hydrogens (tertiary/aromatic N) is 2. The molecule has 7 nitrogen and oxygen atoms in total. The van der Waals surface area contributed by atoms with Crippen molar-refractivity contribution in [2.75, 3.05) is 0 Å². The minimum atomic E-state index is -0.335. The maximum atomic E-state index is 13.3. The Labute approximate surface area is 188 Å². The summed E-state index contributed by atoms with van der Waals surface area (Å²) < 4.78 is 1.96. The lowest BCUT2D eigenvalue weighted by molar-refractivity contribution is -0.129. The molecule has 4 saturated carbocycles. The van der Waals surface area contributed by atoms with E-state index >= 15 is 0 Å². The molecule has 4 bridgehead atoms. The van der Waals surface area contributed by atoms with Gasteiger partial charge < -0.3 is 5.32 Å². The molecule has 0 unspecified atom stereocenters. The number of rotatable bonds is 9. The van der Waals surface area contributed by atoms with Crippen LogP contribution in [0.3, 0.4) is 0 Å². The summed E-state index contributed by atoms with van der Waals surface area (Å²) in [4.78, 5) is 24.4. The molecule has 32 heavy (non-hydrogen) atoms. The average Bonchev–Trinajstić information content (AvgIpc) is 3.16. The van der Waals surface area contributed by atoms with Crippen LogP contribution in [0.1, 0.15) is 74.7 Å². The molecular weight excluding hydrogens is 404 g/mol. The molecule has 4 fully saturated rings. The maximum absolute atomic E-state index is 13.3. The Morgan fingerprint density at radius 1 is 0.969 bits per heavy atom. The Morgan fingerprint density at radius 2 is 1.66 bits per heavy atom. The number of nitrogens with one attached hydrogen (secondary N) is 2. The number of amides is 2. The van der Waals surface area contributed by atoms with Crippen LogP contribution in [0.25, 0.3) is 10.9 Å². The van der Waals surface area contributed by atoms with E-state index in [1.54, 1.807) is 5.48 Å². The molecule has 0 saturated heterocycles. The van der Waals surface area contributed by atoms with Crippen LogP contribution in [-0.4, -0.2) is 32.8 Å². The zero-order valence-electron chi connectivity index (χ0n) is 18.6. The van der Waals surface area contributed by atoms with E-state index in [1.165, 1.54) is 32.1 Å². The lowest BCUT2D eigenvalue weighted by atomic mass is 9.54. The van der Waals surface area contributed by atoms with Crippen molar-refractivity contribution < 1.29 is 14.8 Å². The van der Waals surface area contributed by atoms with Gasteiger partial charge in [-0.15, -0.1) is 0 Å². The summed E-state index contributed by atoms with van der Waals surface area (Å²) in [6.45, 7) is 0.748. The van der Waals surface area contributed by atoms with Gasteiger partial charge in [-0.1, -0.05) is 31.0 Å². The normalized spacial score (nSPS) is 28.2. The number of hydrogen-bond donors (Lipinski definition) is 3. The van der Waals surface area contributed by atoms with Gasteiger partial charge in [0.25, 0.3) is 5.91 Å². The van der Waals surface area contributed by atoms with Crippen molar-refractivity contribution in [3.63, 3.8) is 0 Å². The number of aromatic nitrogens is 2. The molecule has 172 valence electrons. The van der Waals surface area contributed by atoms with Crippen LogP contribution in [-0.2, 0) is 11.3 Å². The van der Waals surface area contributed by atoms with Crippen LogP contribution < -0.4 is 10.8 Å². The molecule has 1 heterocycles. The number of unbranched alkanes of at least 4 members (excludes halogenated alkanes) is 3. The molecule has 0 atom stereocenters. The standard InChI is InChI=1S/C25H34N4O3/c30-22(28-32)9-3-1-2-6-10-29-21-8-5-4-7-20(21)24(27-29)25(31)26-23-18-12-16-11-17(14-18)15-19(23)13-16/h4-5,7-8,16-19,23,32H,1-3,6,9-15H2,(H,26,31)(H,28,30). The highest BCUT2D eigenvalue weighted by atomic mass is 16.5. The summed E-state index contributed by atoms with van der Waals surface area (Å²) in [7, 11) is 0. The summed E-state index contributed by atoms with van der Waals surface area (Å²) in [5, 5.41) is 17.6. The van der Waals surface area contributed by atoms with Crippen LogP contribution in [0.2, 0.25) is 0 Å². The highest BCUT2D eigenvalue weighted by Crippen LogP contribution is 2.53. The smallest absolute Gasteiger partial charge is 0.272 e. The van der Waals surface area contributed by atoms with Crippen molar-refractivity contribution in [3.8, 4) is 0 Å². The molecule has 7 heteroatoms. The van der Waals surface area contributed by atoms with Crippen LogP contribution >= 0.6 is 0 Å². The van der Waals surface area contributed by atoms with E-state index in [1.807, 2.05) is 28.9 Å². The monoisotopic (exact) mass is 438 g/mol. The Hall–Kier alpha value is -2.41. The maximum Gasteiger partial charge on any atom is 0.272 e. The van der Waals surface area contributed by atoms with Gasteiger partial charge in [-0.05, 0) is 74.7 Å². The first-order chi connectivity index (χ1) is 15.6. The SMILES string of the molecule is O=C(CCCCCCn1nc(C(=O)NC2C3CC4CC(C3)CC2C4)c2ccccc21)NO. The molecule has 6 rings (SSSR count). The van der Waals surface area contributed by atoms with Gasteiger partial charge in [-0.25, -0.2) is 5.48 Å². The Kier molecular flexibility index (Phi) is 6.17. The molecule has 4 aliphatic carbocycles. The summed E-state index contributed by atoms with van der Waals surface area (Å²) in [5.74, 6) is 2.73. The lowest BCUT2D eigenvalue weighted by Gasteiger charge is -2.54. The number of hydroxylamine groups is 1. The first-order valence-corrected chi connectivity index (χ1v) is 12.3. The van der Waals surface area contributed by atoms with E-state index in [2.05, 4.69) is 5.32 Å². The fourth-order valence-electron chi connectivity index (χ4n) is 6.80. The van der Waals surface area contributed by atoms with E-state index in [4.69, 9.17) is 10.3 Å². The molecule has 3 N–H and O–H groups in total. The van der Waals surface area contributed by atoms with Crippen molar-refractivity contribution in [2.24, 2.45) is 23.7 Å². The van der Waals surface area contributed by atoms with Crippen LogP contribution in [0.5, 0.6) is 0 Å². The first kappa shape index (κ1) is 21.4. The second-order valence-corrected chi connectivity index (χ2v) is 10.2. The zero-order valence-corrected chi connectivity index (χ0v) is 18.6. The molecule has 4 aliphatic rings. The predicted octanol–water partition coefficient (Wildman–Crippen LogP) is 4.05. The quantitative estimate of drug-likeness (QED) is 0.313. The number of carbonyl (C=O) groups excluding carboxylic acids is 2. The van der Waals surface area contributed by atoms with Crippen LogP contribution in [0, 0.1) is 23.7 Å². The summed E-state index contributed by atoms with van der Waals surface area (Å²) in [5.41, 5.74) is 3.22. The summed E-state index contributed by atoms with van der Waals surface area (Å²) >= 11 is 0. The van der Waals surface area contributed by atoms with Crippen molar-refractivity contribution in [1.82, 2.24) is 20.6 Å². The molecule has 0 spiro atoms. The topological polar surface area (TPSA) is 96.2 Å². The van der Waals surface area contributed by atoms with Crippen LogP contribution in [0.15, 0.2) is 24.3 Å². The van der Waals surface area contributed by atoms with Crippen molar-refractivity contribution in [3.05, 3.63) is 30.0 Å². The summed E-state index contributed by atoms with van der Waals surface area (Å²) in [6, 6.07) is 8.31. The van der Waals surface area contributed by atoms with Crippen molar-refractivity contribution in [1.29, 1.82) is 0 Å². The van der Waals surface area contributed by atoms with Gasteiger partial charge in [0.15, 0.2) is 5.69 Å². The predicted molar refractivity (Wildman–Crippen MR) is 121 cm³/mol. The van der Waals surface area contributed by atoms with E-state index < -0.39 is 0 Å². The highest BCUT2D eigenvalue weighted by molar-refractivity contribution is 6.05. The van der Waals surface area contributed by atoms with Gasteiger partial charge in [0, 0.05) is 24.4 Å². The number of hydrogen-bond acceptors (Lipinski definition) is 4. The number of aryl methyl sites for hydroxylation is 1.